The van der Waals surface area contributed by atoms with E-state index in [0.29, 0.717) is 43.9 Å². The van der Waals surface area contributed by atoms with Gasteiger partial charge in [0, 0.05) is 18.8 Å². The number of fused-ring (bicyclic) bond motifs is 5. The van der Waals surface area contributed by atoms with E-state index in [1.807, 2.05) is 0 Å². The van der Waals surface area contributed by atoms with Gasteiger partial charge in [-0.3, -0.25) is 4.79 Å². The Morgan fingerprint density at radius 1 is 0.971 bits per heavy atom. The second kappa shape index (κ2) is 9.04. The minimum atomic E-state index is -0.736. The molecule has 1 saturated heterocycles. The highest BCUT2D eigenvalue weighted by Crippen LogP contribution is 2.67. The van der Waals surface area contributed by atoms with E-state index in [2.05, 4.69) is 34.6 Å². The van der Waals surface area contributed by atoms with Gasteiger partial charge in [0.2, 0.25) is 0 Å². The molecule has 8 unspecified atom stereocenters. The van der Waals surface area contributed by atoms with Gasteiger partial charge in [0.25, 0.3) is 0 Å². The Hall–Kier alpha value is -0.530. The summed E-state index contributed by atoms with van der Waals surface area (Å²) in [5, 5.41) is 43.4. The molecule has 0 spiro atoms. The quantitative estimate of drug-likeness (QED) is 0.480. The molecular formula is C29H48O6. The normalized spacial score (nSPS) is 55.3. The average Bonchev–Trinajstić information content (AvgIpc) is 3.05. The zero-order valence-electron chi connectivity index (χ0n) is 22.3. The number of ether oxygens (including phenoxy) is 1. The summed E-state index contributed by atoms with van der Waals surface area (Å²) in [4.78, 5) is 13.7. The minimum absolute atomic E-state index is 0.0583. The van der Waals surface area contributed by atoms with Gasteiger partial charge in [0.15, 0.2) is 6.29 Å². The van der Waals surface area contributed by atoms with Crippen molar-refractivity contribution in [3.05, 3.63) is 0 Å². The van der Waals surface area contributed by atoms with Crippen LogP contribution in [0.5, 0.6) is 0 Å². The average molecular weight is 493 g/mol. The maximum atomic E-state index is 13.7. The van der Waals surface area contributed by atoms with Crippen LogP contribution >= 0.6 is 0 Å². The minimum Gasteiger partial charge on any atom is -0.393 e. The number of carbonyl (C=O) groups is 1. The predicted octanol–water partition coefficient (Wildman–Crippen LogP) is 3.53. The molecule has 1 aliphatic heterocycles. The van der Waals surface area contributed by atoms with E-state index >= 15 is 0 Å². The van der Waals surface area contributed by atoms with E-state index in [1.54, 1.807) is 0 Å². The smallest absolute Gasteiger partial charge is 0.155 e. The lowest BCUT2D eigenvalue weighted by Crippen LogP contribution is -2.63. The third-order valence-corrected chi connectivity index (χ3v) is 12.1. The topological polar surface area (TPSA) is 107 Å². The van der Waals surface area contributed by atoms with E-state index in [0.717, 1.165) is 19.3 Å². The van der Waals surface area contributed by atoms with Crippen LogP contribution in [-0.2, 0) is 9.53 Å². The lowest BCUT2D eigenvalue weighted by atomic mass is 9.43. The largest absolute Gasteiger partial charge is 0.393 e. The Bertz CT molecular complexity index is 815. The van der Waals surface area contributed by atoms with Gasteiger partial charge in [0.05, 0.1) is 24.4 Å². The summed E-state index contributed by atoms with van der Waals surface area (Å²) in [5.41, 5.74) is -0.574. The van der Waals surface area contributed by atoms with Crippen molar-refractivity contribution in [3.8, 4) is 0 Å². The van der Waals surface area contributed by atoms with Gasteiger partial charge in [-0.2, -0.15) is 0 Å². The highest BCUT2D eigenvalue weighted by Gasteiger charge is 2.67. The molecule has 0 aromatic rings. The van der Waals surface area contributed by atoms with Crippen LogP contribution in [-0.4, -0.2) is 56.9 Å². The highest BCUT2D eigenvalue weighted by molar-refractivity contribution is 5.85. The summed E-state index contributed by atoms with van der Waals surface area (Å²) in [6, 6.07) is 0. The fraction of sp³-hybridized carbons (Fsp3) is 0.966. The lowest BCUT2D eigenvalue weighted by Gasteiger charge is -2.63. The number of ketones is 1. The van der Waals surface area contributed by atoms with Crippen LogP contribution in [0.4, 0.5) is 0 Å². The molecule has 1 heterocycles. The molecule has 5 aliphatic rings. The molecule has 0 bridgehead atoms. The van der Waals surface area contributed by atoms with Crippen molar-refractivity contribution in [1.82, 2.24) is 0 Å². The van der Waals surface area contributed by atoms with Crippen LogP contribution in [0.2, 0.25) is 0 Å². The van der Waals surface area contributed by atoms with Gasteiger partial charge in [-0.05, 0) is 90.8 Å². The van der Waals surface area contributed by atoms with Gasteiger partial charge in [-0.25, -0.2) is 0 Å². The van der Waals surface area contributed by atoms with E-state index in [1.165, 1.54) is 0 Å². The summed E-state index contributed by atoms with van der Waals surface area (Å²) in [7, 11) is 0. The molecule has 0 amide bonds. The summed E-state index contributed by atoms with van der Waals surface area (Å²) in [6.45, 7) is 11.0. The molecule has 5 fully saturated rings. The predicted molar refractivity (Wildman–Crippen MR) is 132 cm³/mol. The van der Waals surface area contributed by atoms with Crippen LogP contribution in [0.3, 0.4) is 0 Å². The molecule has 14 atom stereocenters. The van der Waals surface area contributed by atoms with Crippen LogP contribution in [0.1, 0.15) is 86.0 Å². The third kappa shape index (κ3) is 3.96. The Balaban J connectivity index is 1.42. The molecule has 4 saturated carbocycles. The summed E-state index contributed by atoms with van der Waals surface area (Å²) < 4.78 is 6.08. The molecule has 0 aromatic carbocycles. The second-order valence-electron chi connectivity index (χ2n) is 14.0. The first kappa shape index (κ1) is 26.1. The first-order valence-corrected chi connectivity index (χ1v) is 14.3. The van der Waals surface area contributed by atoms with Crippen molar-refractivity contribution in [2.24, 2.45) is 58.2 Å². The highest BCUT2D eigenvalue weighted by atomic mass is 16.6. The summed E-state index contributed by atoms with van der Waals surface area (Å²) in [5.74, 6) is 1.33. The molecule has 4 aliphatic carbocycles. The van der Waals surface area contributed by atoms with E-state index in [-0.39, 0.29) is 58.2 Å². The maximum absolute atomic E-state index is 13.7. The van der Waals surface area contributed by atoms with Crippen molar-refractivity contribution < 1.29 is 30.0 Å². The Morgan fingerprint density at radius 2 is 1.69 bits per heavy atom. The number of aliphatic hydroxyl groups excluding tert-OH is 4. The van der Waals surface area contributed by atoms with Crippen molar-refractivity contribution in [1.29, 1.82) is 0 Å². The first-order valence-electron chi connectivity index (χ1n) is 14.3. The molecule has 0 radical (unpaired) electrons. The van der Waals surface area contributed by atoms with Crippen molar-refractivity contribution in [3.63, 3.8) is 0 Å². The number of hydrogen-bond acceptors (Lipinski definition) is 6. The molecule has 35 heavy (non-hydrogen) atoms. The fourth-order valence-corrected chi connectivity index (χ4v) is 9.98. The molecule has 6 nitrogen and oxygen atoms in total. The monoisotopic (exact) mass is 492 g/mol. The Labute approximate surface area is 210 Å². The number of rotatable bonds is 3. The first-order chi connectivity index (χ1) is 16.4. The van der Waals surface area contributed by atoms with Crippen molar-refractivity contribution in [2.75, 3.05) is 0 Å². The van der Waals surface area contributed by atoms with Crippen molar-refractivity contribution in [2.45, 2.75) is 117 Å². The van der Waals surface area contributed by atoms with Crippen LogP contribution < -0.4 is 0 Å². The van der Waals surface area contributed by atoms with Crippen LogP contribution in [0.15, 0.2) is 0 Å². The van der Waals surface area contributed by atoms with Gasteiger partial charge < -0.3 is 25.2 Å². The lowest BCUT2D eigenvalue weighted by molar-refractivity contribution is -0.219. The zero-order valence-corrected chi connectivity index (χ0v) is 22.3. The summed E-state index contributed by atoms with van der Waals surface area (Å²) in [6.07, 6.45) is 3.01. The Morgan fingerprint density at radius 3 is 2.37 bits per heavy atom. The molecule has 200 valence electrons. The van der Waals surface area contributed by atoms with Gasteiger partial charge in [0.1, 0.15) is 5.78 Å². The fourth-order valence-electron chi connectivity index (χ4n) is 9.98. The molecule has 0 aromatic heterocycles. The molecule has 4 N–H and O–H groups in total. The Kier molecular flexibility index (Phi) is 6.74. The number of carbonyl (C=O) groups excluding carboxylic acids is 1. The number of Topliss-reactive ketones (excluding diaryl/α,β-unsaturated/α-hetero) is 1. The molecular weight excluding hydrogens is 444 g/mol. The SMILES string of the molecule is CC(C)C1CC(O)OC([C@H](C)C2CC(=O)C3C4C(CC[C@@]32C)[C@]2(C)C(C[C@H](O)C[C@@H]2O)C[C@@H]4O)C1. The summed E-state index contributed by atoms with van der Waals surface area (Å²) >= 11 is 0. The van der Waals surface area contributed by atoms with Crippen LogP contribution in [0, 0.1) is 58.2 Å². The zero-order chi connectivity index (χ0) is 25.4. The van der Waals surface area contributed by atoms with Crippen LogP contribution in [0.25, 0.3) is 0 Å². The van der Waals surface area contributed by atoms with Gasteiger partial charge in [-0.1, -0.05) is 34.6 Å². The molecule has 5 rings (SSSR count). The van der Waals surface area contributed by atoms with Gasteiger partial charge >= 0.3 is 0 Å². The van der Waals surface area contributed by atoms with E-state index in [9.17, 15) is 25.2 Å². The number of hydrogen-bond donors (Lipinski definition) is 4. The maximum Gasteiger partial charge on any atom is 0.155 e. The van der Waals surface area contributed by atoms with E-state index in [4.69, 9.17) is 4.74 Å². The van der Waals surface area contributed by atoms with E-state index < -0.39 is 24.6 Å². The molecule has 6 heteroatoms. The standard InChI is InChI=1S/C29H48O6/c1-14(2)16-8-23(35-25(34)9-16)15(3)20-13-22(32)27-26-19(6-7-28(20,27)4)29(5)17(11-21(26)31)10-18(30)12-24(29)33/h14-21,23-27,30-31,33-34H,6-13H2,1-5H3/t15-,16?,17?,18+,19?,20?,21+,23?,24+,25?,26?,27?,28-,29+/m1/s1. The third-order valence-electron chi connectivity index (χ3n) is 12.1. The second-order valence-corrected chi connectivity index (χ2v) is 14.0. The van der Waals surface area contributed by atoms with Crippen molar-refractivity contribution >= 4 is 5.78 Å². The number of aliphatic hydroxyl groups is 4. The van der Waals surface area contributed by atoms with Gasteiger partial charge in [-0.15, -0.1) is 0 Å².